The van der Waals surface area contributed by atoms with Crippen LogP contribution < -0.4 is 10.1 Å². The van der Waals surface area contributed by atoms with Gasteiger partial charge in [0, 0.05) is 0 Å². The largest absolute Gasteiger partial charge is 0.493 e. The number of esters is 1. The van der Waals surface area contributed by atoms with Crippen molar-refractivity contribution in [1.82, 2.24) is 5.32 Å². The predicted octanol–water partition coefficient (Wildman–Crippen LogP) is 2.01. The number of carbonyl (C=O) groups is 2. The second-order valence-corrected chi connectivity index (χ2v) is 4.65. The first-order valence-corrected chi connectivity index (χ1v) is 6.61. The van der Waals surface area contributed by atoms with E-state index < -0.39 is 12.0 Å². The van der Waals surface area contributed by atoms with E-state index in [1.807, 2.05) is 20.8 Å². The highest BCUT2D eigenvalue weighted by atomic mass is 16.5. The molecule has 1 N–H and O–H groups in total. The summed E-state index contributed by atoms with van der Waals surface area (Å²) >= 11 is 0. The Balaban J connectivity index is 2.92. The molecule has 5 nitrogen and oxygen atoms in total. The van der Waals surface area contributed by atoms with Gasteiger partial charge in [-0.1, -0.05) is 26.0 Å². The average Bonchev–Trinajstić information content (AvgIpc) is 2.44. The minimum Gasteiger partial charge on any atom is -0.493 e. The highest BCUT2D eigenvalue weighted by molar-refractivity contribution is 5.99. The van der Waals surface area contributed by atoms with E-state index in [2.05, 4.69) is 5.32 Å². The highest BCUT2D eigenvalue weighted by Gasteiger charge is 2.26. The molecule has 5 heteroatoms. The van der Waals surface area contributed by atoms with Gasteiger partial charge in [0.25, 0.3) is 5.91 Å². The van der Waals surface area contributed by atoms with E-state index in [4.69, 9.17) is 9.47 Å². The standard InChI is InChI=1S/C15H21NO4/c1-5-20-12-9-7-6-8-11(12)14(17)16-13(10(2)3)15(18)19-4/h6-10,13H,5H2,1-4H3,(H,16,17)/t13-/m1/s1. The molecule has 1 amide bonds. The van der Waals surface area contributed by atoms with Crippen molar-refractivity contribution in [2.75, 3.05) is 13.7 Å². The zero-order chi connectivity index (χ0) is 15.1. The molecule has 0 bridgehead atoms. The minimum absolute atomic E-state index is 0.0642. The van der Waals surface area contributed by atoms with Crippen LogP contribution >= 0.6 is 0 Å². The lowest BCUT2D eigenvalue weighted by atomic mass is 10.0. The number of rotatable bonds is 6. The third-order valence-electron chi connectivity index (χ3n) is 2.84. The summed E-state index contributed by atoms with van der Waals surface area (Å²) in [6.45, 7) is 6.00. The fraction of sp³-hybridized carbons (Fsp3) is 0.467. The molecule has 1 aromatic rings. The van der Waals surface area contributed by atoms with Gasteiger partial charge in [-0.2, -0.15) is 0 Å². The molecular formula is C15H21NO4. The summed E-state index contributed by atoms with van der Waals surface area (Å²) in [6.07, 6.45) is 0. The molecule has 0 aliphatic heterocycles. The normalized spacial score (nSPS) is 11.8. The summed E-state index contributed by atoms with van der Waals surface area (Å²) in [6, 6.07) is 6.25. The third-order valence-corrected chi connectivity index (χ3v) is 2.84. The van der Waals surface area contributed by atoms with Crippen LogP contribution in [0, 0.1) is 5.92 Å². The zero-order valence-electron chi connectivity index (χ0n) is 12.3. The SMILES string of the molecule is CCOc1ccccc1C(=O)N[C@@H](C(=O)OC)C(C)C. The van der Waals surface area contributed by atoms with Gasteiger partial charge in [-0.3, -0.25) is 4.79 Å². The number of amides is 1. The molecule has 0 aliphatic rings. The summed E-state index contributed by atoms with van der Waals surface area (Å²) in [5.41, 5.74) is 0.406. The highest BCUT2D eigenvalue weighted by Crippen LogP contribution is 2.18. The molecule has 0 aromatic heterocycles. The monoisotopic (exact) mass is 279 g/mol. The average molecular weight is 279 g/mol. The molecule has 0 unspecified atom stereocenters. The number of hydrogen-bond donors (Lipinski definition) is 1. The Labute approximate surface area is 119 Å². The lowest BCUT2D eigenvalue weighted by Crippen LogP contribution is -2.45. The fourth-order valence-electron chi connectivity index (χ4n) is 1.78. The maximum Gasteiger partial charge on any atom is 0.328 e. The number of ether oxygens (including phenoxy) is 2. The van der Waals surface area contributed by atoms with Crippen LogP contribution in [0.4, 0.5) is 0 Å². The van der Waals surface area contributed by atoms with Gasteiger partial charge in [-0.25, -0.2) is 4.79 Å². The number of para-hydroxylation sites is 1. The van der Waals surface area contributed by atoms with Crippen LogP contribution in [-0.4, -0.2) is 31.6 Å². The molecule has 0 fully saturated rings. The lowest BCUT2D eigenvalue weighted by Gasteiger charge is -2.20. The van der Waals surface area contributed by atoms with Gasteiger partial charge < -0.3 is 14.8 Å². The van der Waals surface area contributed by atoms with E-state index in [0.29, 0.717) is 17.9 Å². The van der Waals surface area contributed by atoms with Crippen LogP contribution in [0.3, 0.4) is 0 Å². The Morgan fingerprint density at radius 2 is 1.90 bits per heavy atom. The zero-order valence-corrected chi connectivity index (χ0v) is 12.3. The number of methoxy groups -OCH3 is 1. The van der Waals surface area contributed by atoms with Crippen molar-refractivity contribution in [3.8, 4) is 5.75 Å². The Morgan fingerprint density at radius 3 is 2.45 bits per heavy atom. The molecule has 20 heavy (non-hydrogen) atoms. The van der Waals surface area contributed by atoms with Crippen molar-refractivity contribution in [2.24, 2.45) is 5.92 Å². The van der Waals surface area contributed by atoms with Crippen LogP contribution in [0.25, 0.3) is 0 Å². The molecule has 0 saturated heterocycles. The molecule has 1 rings (SSSR count). The third kappa shape index (κ3) is 3.98. The van der Waals surface area contributed by atoms with E-state index in [1.54, 1.807) is 24.3 Å². The summed E-state index contributed by atoms with van der Waals surface area (Å²) in [7, 11) is 1.30. The molecule has 0 aliphatic carbocycles. The quantitative estimate of drug-likeness (QED) is 0.809. The topological polar surface area (TPSA) is 64.6 Å². The van der Waals surface area contributed by atoms with E-state index in [1.165, 1.54) is 7.11 Å². The van der Waals surface area contributed by atoms with Crippen LogP contribution in [0.5, 0.6) is 5.75 Å². The molecule has 0 saturated carbocycles. The molecule has 1 atom stereocenters. The van der Waals surface area contributed by atoms with Crippen LogP contribution in [-0.2, 0) is 9.53 Å². The lowest BCUT2D eigenvalue weighted by molar-refractivity contribution is -0.144. The van der Waals surface area contributed by atoms with E-state index >= 15 is 0 Å². The van der Waals surface area contributed by atoms with E-state index in [9.17, 15) is 9.59 Å². The molecular weight excluding hydrogens is 258 g/mol. The van der Waals surface area contributed by atoms with Crippen LogP contribution in [0.1, 0.15) is 31.1 Å². The number of hydrogen-bond acceptors (Lipinski definition) is 4. The second kappa shape index (κ2) is 7.53. The molecule has 1 aromatic carbocycles. The van der Waals surface area contributed by atoms with Gasteiger partial charge in [0.05, 0.1) is 19.3 Å². The molecule has 0 radical (unpaired) electrons. The van der Waals surface area contributed by atoms with Gasteiger partial charge in [0.2, 0.25) is 0 Å². The minimum atomic E-state index is -0.679. The van der Waals surface area contributed by atoms with E-state index in [0.717, 1.165) is 0 Å². The Bertz CT molecular complexity index is 471. The second-order valence-electron chi connectivity index (χ2n) is 4.65. The van der Waals surface area contributed by atoms with E-state index in [-0.39, 0.29) is 11.8 Å². The van der Waals surface area contributed by atoms with Crippen molar-refractivity contribution in [3.05, 3.63) is 29.8 Å². The molecule has 0 heterocycles. The number of benzene rings is 1. The van der Waals surface area contributed by atoms with Crippen molar-refractivity contribution < 1.29 is 19.1 Å². The summed E-state index contributed by atoms with van der Waals surface area (Å²) in [5, 5.41) is 2.69. The first kappa shape index (κ1) is 16.0. The molecule has 0 spiro atoms. The van der Waals surface area contributed by atoms with Gasteiger partial charge in [0.15, 0.2) is 0 Å². The maximum atomic E-state index is 12.3. The van der Waals surface area contributed by atoms with Gasteiger partial charge >= 0.3 is 5.97 Å². The van der Waals surface area contributed by atoms with Crippen molar-refractivity contribution in [1.29, 1.82) is 0 Å². The summed E-state index contributed by atoms with van der Waals surface area (Å²) in [5.74, 6) is -0.370. The first-order chi connectivity index (χ1) is 9.51. The van der Waals surface area contributed by atoms with Gasteiger partial charge in [-0.15, -0.1) is 0 Å². The smallest absolute Gasteiger partial charge is 0.328 e. The summed E-state index contributed by atoms with van der Waals surface area (Å²) < 4.78 is 10.1. The number of nitrogens with one attached hydrogen (secondary N) is 1. The number of carbonyl (C=O) groups excluding carboxylic acids is 2. The van der Waals surface area contributed by atoms with Gasteiger partial charge in [-0.05, 0) is 25.0 Å². The van der Waals surface area contributed by atoms with Gasteiger partial charge in [0.1, 0.15) is 11.8 Å². The van der Waals surface area contributed by atoms with Crippen LogP contribution in [0.15, 0.2) is 24.3 Å². The van der Waals surface area contributed by atoms with Crippen molar-refractivity contribution in [3.63, 3.8) is 0 Å². The fourth-order valence-corrected chi connectivity index (χ4v) is 1.78. The Hall–Kier alpha value is -2.04. The van der Waals surface area contributed by atoms with Crippen molar-refractivity contribution in [2.45, 2.75) is 26.8 Å². The molecule has 110 valence electrons. The maximum absolute atomic E-state index is 12.3. The predicted molar refractivity (Wildman–Crippen MR) is 75.7 cm³/mol. The first-order valence-electron chi connectivity index (χ1n) is 6.61. The summed E-state index contributed by atoms with van der Waals surface area (Å²) in [4.78, 5) is 23.9. The van der Waals surface area contributed by atoms with Crippen molar-refractivity contribution >= 4 is 11.9 Å². The van der Waals surface area contributed by atoms with Crippen LogP contribution in [0.2, 0.25) is 0 Å². The Morgan fingerprint density at radius 1 is 1.25 bits per heavy atom. The Kier molecular flexibility index (Phi) is 6.03.